The first-order valence-electron chi connectivity index (χ1n) is 10.1. The Hall–Kier alpha value is -3.57. The molecule has 5 rings (SSSR count). The number of ether oxygens (including phenoxy) is 1. The number of rotatable bonds is 3. The van der Waals surface area contributed by atoms with Gasteiger partial charge in [-0.1, -0.05) is 41.9 Å². The molecule has 0 radical (unpaired) electrons. The van der Waals surface area contributed by atoms with E-state index < -0.39 is 0 Å². The second-order valence-electron chi connectivity index (χ2n) is 7.44. The van der Waals surface area contributed by atoms with Gasteiger partial charge in [-0.3, -0.25) is 4.98 Å². The molecule has 2 amide bonds. The number of carbonyl (C=O) groups excluding carboxylic acids is 1. The van der Waals surface area contributed by atoms with Crippen LogP contribution in [0.15, 0.2) is 78.9 Å². The third kappa shape index (κ3) is 4.18. The van der Waals surface area contributed by atoms with Crippen LogP contribution >= 0.6 is 11.6 Å². The van der Waals surface area contributed by atoms with Crippen molar-refractivity contribution in [1.82, 2.24) is 9.88 Å². The van der Waals surface area contributed by atoms with Crippen LogP contribution in [0.2, 0.25) is 5.02 Å². The Morgan fingerprint density at radius 2 is 1.81 bits per heavy atom. The molecule has 1 N–H and O–H groups in total. The molecule has 154 valence electrons. The average molecular weight is 430 g/mol. The van der Waals surface area contributed by atoms with Crippen LogP contribution in [-0.2, 0) is 13.0 Å². The van der Waals surface area contributed by atoms with Gasteiger partial charge in [0.2, 0.25) is 0 Å². The summed E-state index contributed by atoms with van der Waals surface area (Å²) in [6, 6.07) is 24.5. The van der Waals surface area contributed by atoms with E-state index in [9.17, 15) is 4.79 Å². The Kier molecular flexibility index (Phi) is 5.18. The van der Waals surface area contributed by atoms with Crippen LogP contribution in [0.1, 0.15) is 11.3 Å². The van der Waals surface area contributed by atoms with Crippen LogP contribution in [-0.4, -0.2) is 22.5 Å². The fourth-order valence-corrected chi connectivity index (χ4v) is 3.93. The van der Waals surface area contributed by atoms with Gasteiger partial charge in [-0.15, -0.1) is 0 Å². The summed E-state index contributed by atoms with van der Waals surface area (Å²) in [7, 11) is 0. The average Bonchev–Trinajstić information content (AvgIpc) is 2.79. The monoisotopic (exact) mass is 429 g/mol. The zero-order chi connectivity index (χ0) is 21.2. The zero-order valence-corrected chi connectivity index (χ0v) is 17.5. The number of para-hydroxylation sites is 3. The van der Waals surface area contributed by atoms with Crippen molar-refractivity contribution in [3.05, 3.63) is 95.1 Å². The van der Waals surface area contributed by atoms with Crippen molar-refractivity contribution < 1.29 is 9.53 Å². The van der Waals surface area contributed by atoms with E-state index >= 15 is 0 Å². The fraction of sp³-hybridized carbons (Fsp3) is 0.120. The summed E-state index contributed by atoms with van der Waals surface area (Å²) in [5.74, 6) is 1.31. The van der Waals surface area contributed by atoms with E-state index in [0.717, 1.165) is 22.2 Å². The Balaban J connectivity index is 1.34. The number of hydrogen-bond donors (Lipinski definition) is 1. The summed E-state index contributed by atoms with van der Waals surface area (Å²) >= 11 is 6.13. The molecule has 2 heterocycles. The number of aromatic nitrogens is 1. The van der Waals surface area contributed by atoms with Crippen molar-refractivity contribution in [2.45, 2.75) is 13.0 Å². The molecule has 31 heavy (non-hydrogen) atoms. The first kappa shape index (κ1) is 19.4. The minimum Gasteiger partial charge on any atom is -0.455 e. The first-order chi connectivity index (χ1) is 15.2. The lowest BCUT2D eigenvalue weighted by Crippen LogP contribution is -2.39. The molecule has 5 nitrogen and oxygen atoms in total. The minimum absolute atomic E-state index is 0.166. The number of fused-ring (bicyclic) bond motifs is 2. The SMILES string of the molecule is O=C(Nc1ccccc1Oc1ccccc1)N1CCc2nc3ccc(Cl)cc3cc2C1. The van der Waals surface area contributed by atoms with E-state index in [4.69, 9.17) is 21.3 Å². The van der Waals surface area contributed by atoms with Gasteiger partial charge in [0.1, 0.15) is 5.75 Å². The highest BCUT2D eigenvalue weighted by Crippen LogP contribution is 2.30. The number of hydrogen-bond acceptors (Lipinski definition) is 3. The molecule has 0 bridgehead atoms. The smallest absolute Gasteiger partial charge is 0.322 e. The highest BCUT2D eigenvalue weighted by atomic mass is 35.5. The number of nitrogens with zero attached hydrogens (tertiary/aromatic N) is 2. The number of benzene rings is 3. The minimum atomic E-state index is -0.166. The number of anilines is 1. The number of carbonyl (C=O) groups is 1. The van der Waals surface area contributed by atoms with Crippen molar-refractivity contribution in [3.63, 3.8) is 0 Å². The van der Waals surface area contributed by atoms with E-state index in [0.29, 0.717) is 41.7 Å². The third-order valence-electron chi connectivity index (χ3n) is 5.31. The molecule has 4 aromatic rings. The molecule has 0 unspecified atom stereocenters. The molecule has 0 spiro atoms. The highest BCUT2D eigenvalue weighted by Gasteiger charge is 2.23. The number of halogens is 1. The lowest BCUT2D eigenvalue weighted by atomic mass is 10.0. The Bertz CT molecular complexity index is 1260. The maximum atomic E-state index is 13.0. The Morgan fingerprint density at radius 1 is 1.00 bits per heavy atom. The van der Waals surface area contributed by atoms with Crippen LogP contribution in [0.4, 0.5) is 10.5 Å². The lowest BCUT2D eigenvalue weighted by molar-refractivity contribution is 0.206. The number of amides is 2. The molecule has 1 aromatic heterocycles. The maximum absolute atomic E-state index is 13.0. The van der Waals surface area contributed by atoms with Gasteiger partial charge >= 0.3 is 6.03 Å². The van der Waals surface area contributed by atoms with Crippen molar-refractivity contribution in [3.8, 4) is 11.5 Å². The maximum Gasteiger partial charge on any atom is 0.322 e. The predicted molar refractivity (Wildman–Crippen MR) is 123 cm³/mol. The van der Waals surface area contributed by atoms with Crippen LogP contribution in [0.25, 0.3) is 10.9 Å². The van der Waals surface area contributed by atoms with Crippen molar-refractivity contribution in [2.24, 2.45) is 0 Å². The molecule has 0 saturated heterocycles. The summed E-state index contributed by atoms with van der Waals surface area (Å²) in [5, 5.41) is 4.66. The molecule has 6 heteroatoms. The number of pyridine rings is 1. The van der Waals surface area contributed by atoms with E-state index in [-0.39, 0.29) is 6.03 Å². The molecule has 1 aliphatic rings. The quantitative estimate of drug-likeness (QED) is 0.417. The van der Waals surface area contributed by atoms with Crippen LogP contribution in [0.5, 0.6) is 11.5 Å². The predicted octanol–water partition coefficient (Wildman–Crippen LogP) is 6.27. The van der Waals surface area contributed by atoms with Gasteiger partial charge in [0.15, 0.2) is 5.75 Å². The summed E-state index contributed by atoms with van der Waals surface area (Å²) in [6.07, 6.45) is 0.712. The standard InChI is InChI=1S/C25H20ClN3O2/c26-19-10-11-21-17(15-19)14-18-16-29(13-12-22(18)27-21)25(30)28-23-8-4-5-9-24(23)31-20-6-2-1-3-7-20/h1-11,14-15H,12-13,16H2,(H,28,30). The Labute approximate surface area is 185 Å². The molecule has 0 aliphatic carbocycles. The zero-order valence-electron chi connectivity index (χ0n) is 16.7. The van der Waals surface area contributed by atoms with E-state index in [2.05, 4.69) is 11.4 Å². The normalized spacial score (nSPS) is 13.0. The number of nitrogens with one attached hydrogen (secondary N) is 1. The van der Waals surface area contributed by atoms with Crippen LogP contribution in [0.3, 0.4) is 0 Å². The molecular weight excluding hydrogens is 410 g/mol. The van der Waals surface area contributed by atoms with E-state index in [1.165, 1.54) is 0 Å². The Morgan fingerprint density at radius 3 is 2.68 bits per heavy atom. The molecule has 1 aliphatic heterocycles. The van der Waals surface area contributed by atoms with Gasteiger partial charge in [-0.05, 0) is 54.1 Å². The first-order valence-corrected chi connectivity index (χ1v) is 10.5. The summed E-state index contributed by atoms with van der Waals surface area (Å²) in [4.78, 5) is 19.6. The molecule has 3 aromatic carbocycles. The second-order valence-corrected chi connectivity index (χ2v) is 7.88. The van der Waals surface area contributed by atoms with Crippen molar-refractivity contribution in [2.75, 3.05) is 11.9 Å². The van der Waals surface area contributed by atoms with E-state index in [1.54, 1.807) is 4.90 Å². The second kappa shape index (κ2) is 8.28. The van der Waals surface area contributed by atoms with Gasteiger partial charge in [-0.2, -0.15) is 0 Å². The van der Waals surface area contributed by atoms with Gasteiger partial charge in [0, 0.05) is 35.6 Å². The highest BCUT2D eigenvalue weighted by molar-refractivity contribution is 6.31. The van der Waals surface area contributed by atoms with Gasteiger partial charge in [-0.25, -0.2) is 4.79 Å². The fourth-order valence-electron chi connectivity index (χ4n) is 3.75. The number of urea groups is 1. The lowest BCUT2D eigenvalue weighted by Gasteiger charge is -2.29. The topological polar surface area (TPSA) is 54.5 Å². The van der Waals surface area contributed by atoms with E-state index in [1.807, 2.05) is 72.8 Å². The van der Waals surface area contributed by atoms with Gasteiger partial charge < -0.3 is 15.0 Å². The van der Waals surface area contributed by atoms with Crippen molar-refractivity contribution >= 4 is 34.2 Å². The largest absolute Gasteiger partial charge is 0.455 e. The summed E-state index contributed by atoms with van der Waals surface area (Å²) in [5.41, 5.74) is 3.63. The summed E-state index contributed by atoms with van der Waals surface area (Å²) < 4.78 is 5.96. The molecular formula is C25H20ClN3O2. The molecule has 0 fully saturated rings. The van der Waals surface area contributed by atoms with Crippen LogP contribution < -0.4 is 10.1 Å². The van der Waals surface area contributed by atoms with Gasteiger partial charge in [0.25, 0.3) is 0 Å². The summed E-state index contributed by atoms with van der Waals surface area (Å²) in [6.45, 7) is 1.10. The molecule has 0 saturated carbocycles. The molecule has 0 atom stereocenters. The van der Waals surface area contributed by atoms with Crippen molar-refractivity contribution in [1.29, 1.82) is 0 Å². The van der Waals surface area contributed by atoms with Gasteiger partial charge in [0.05, 0.1) is 11.2 Å². The third-order valence-corrected chi connectivity index (χ3v) is 5.55. The van der Waals surface area contributed by atoms with Crippen LogP contribution in [0, 0.1) is 0 Å².